The molecule has 4 aromatic rings. The third-order valence-electron chi connectivity index (χ3n) is 5.60. The highest BCUT2D eigenvalue weighted by Gasteiger charge is 2.26. The van der Waals surface area contributed by atoms with E-state index in [1.165, 1.54) is 46.7 Å². The van der Waals surface area contributed by atoms with Gasteiger partial charge in [0.25, 0.3) is 17.2 Å². The van der Waals surface area contributed by atoms with Crippen molar-refractivity contribution >= 4 is 44.9 Å². The average molecular weight is 479 g/mol. The number of hydrogen-bond donors (Lipinski definition) is 2. The van der Waals surface area contributed by atoms with Gasteiger partial charge in [0.15, 0.2) is 5.65 Å². The van der Waals surface area contributed by atoms with Gasteiger partial charge in [0.1, 0.15) is 28.9 Å². The molecule has 0 bridgehead atoms. The molecule has 3 heterocycles. The number of para-hydroxylation sites is 2. The minimum absolute atomic E-state index is 0.0985. The first-order valence-electron chi connectivity index (χ1n) is 10.3. The Bertz CT molecular complexity index is 1550. The Kier molecular flexibility index (Phi) is 5.17. The first-order valence-corrected chi connectivity index (χ1v) is 11.1. The molecule has 0 fully saturated rings. The van der Waals surface area contributed by atoms with Crippen molar-refractivity contribution in [2.45, 2.75) is 25.8 Å². The number of primary amides is 1. The maximum atomic E-state index is 13.0. The summed E-state index contributed by atoms with van der Waals surface area (Å²) in [6.07, 6.45) is 4.95. The third kappa shape index (κ3) is 3.51. The molecular formula is C21H17N7O5S. The number of nitrogens with zero attached hydrogens (tertiary/aromatic N) is 5. The molecule has 0 unspecified atom stereocenters. The van der Waals surface area contributed by atoms with E-state index in [1.807, 2.05) is 0 Å². The van der Waals surface area contributed by atoms with Gasteiger partial charge >= 0.3 is 0 Å². The number of nitro groups is 1. The molecule has 0 aliphatic heterocycles. The summed E-state index contributed by atoms with van der Waals surface area (Å²) in [5.74, 6) is -1.12. The lowest BCUT2D eigenvalue weighted by atomic mass is 10.1. The number of nitro benzene ring substituents is 1. The van der Waals surface area contributed by atoms with Crippen molar-refractivity contribution in [3.8, 4) is 5.69 Å². The van der Waals surface area contributed by atoms with E-state index in [4.69, 9.17) is 5.73 Å². The van der Waals surface area contributed by atoms with Crippen LogP contribution in [0.1, 0.15) is 27.2 Å². The number of aryl methyl sites for hydroxylation is 1. The highest BCUT2D eigenvalue weighted by molar-refractivity contribution is 7.17. The Morgan fingerprint density at radius 1 is 1.26 bits per heavy atom. The molecule has 3 aromatic heterocycles. The van der Waals surface area contributed by atoms with Gasteiger partial charge in [-0.25, -0.2) is 9.67 Å². The first-order chi connectivity index (χ1) is 16.3. The summed E-state index contributed by atoms with van der Waals surface area (Å²) in [6, 6.07) is 5.97. The number of nitrogens with one attached hydrogen (secondary N) is 1. The van der Waals surface area contributed by atoms with E-state index in [-0.39, 0.29) is 29.0 Å². The largest absolute Gasteiger partial charge is 0.365 e. The Morgan fingerprint density at radius 2 is 2.06 bits per heavy atom. The molecule has 0 saturated heterocycles. The maximum Gasteiger partial charge on any atom is 0.294 e. The predicted octanol–water partition coefficient (Wildman–Crippen LogP) is 1.78. The number of anilines is 1. The predicted molar refractivity (Wildman–Crippen MR) is 123 cm³/mol. The van der Waals surface area contributed by atoms with E-state index >= 15 is 0 Å². The van der Waals surface area contributed by atoms with Crippen LogP contribution in [0.3, 0.4) is 0 Å². The van der Waals surface area contributed by atoms with Crippen LogP contribution in [0.2, 0.25) is 0 Å². The summed E-state index contributed by atoms with van der Waals surface area (Å²) >= 11 is 1.32. The fraction of sp³-hybridized carbons (Fsp3) is 0.190. The Hall–Kier alpha value is -4.39. The van der Waals surface area contributed by atoms with E-state index in [0.29, 0.717) is 10.6 Å². The molecular weight excluding hydrogens is 462 g/mol. The molecule has 3 N–H and O–H groups in total. The molecule has 13 heteroatoms. The van der Waals surface area contributed by atoms with Gasteiger partial charge in [-0.1, -0.05) is 12.1 Å². The van der Waals surface area contributed by atoms with E-state index in [0.717, 1.165) is 34.3 Å². The van der Waals surface area contributed by atoms with Gasteiger partial charge in [0.2, 0.25) is 5.91 Å². The van der Waals surface area contributed by atoms with Gasteiger partial charge in [-0.2, -0.15) is 5.10 Å². The summed E-state index contributed by atoms with van der Waals surface area (Å²) in [6.45, 7) is -0.348. The standard InChI is InChI=1S/C21H17N7O5S/c22-18(30)17-11-4-3-7-15(11)34-20(17)25-16(29)9-26-10-23-19-12(21(26)31)8-24-27(19)13-5-1-2-6-14(13)28(32)33/h1-2,5-6,8,10H,3-4,7,9H2,(H2,22,30)(H,25,29). The van der Waals surface area contributed by atoms with Gasteiger partial charge < -0.3 is 11.1 Å². The van der Waals surface area contributed by atoms with Crippen molar-refractivity contribution in [2.24, 2.45) is 5.73 Å². The average Bonchev–Trinajstić information content (AvgIpc) is 3.50. The van der Waals surface area contributed by atoms with Crippen LogP contribution in [-0.4, -0.2) is 36.1 Å². The number of aromatic nitrogens is 4. The van der Waals surface area contributed by atoms with Gasteiger partial charge in [-0.3, -0.25) is 29.1 Å². The van der Waals surface area contributed by atoms with Crippen molar-refractivity contribution in [1.82, 2.24) is 19.3 Å². The van der Waals surface area contributed by atoms with Crippen molar-refractivity contribution < 1.29 is 14.5 Å². The van der Waals surface area contributed by atoms with E-state index in [9.17, 15) is 24.5 Å². The maximum absolute atomic E-state index is 13.0. The number of thiophene rings is 1. The van der Waals surface area contributed by atoms with Crippen LogP contribution in [0.15, 0.2) is 41.6 Å². The molecule has 5 rings (SSSR count). The van der Waals surface area contributed by atoms with Gasteiger partial charge in [0.05, 0.1) is 16.7 Å². The van der Waals surface area contributed by atoms with Crippen molar-refractivity contribution in [1.29, 1.82) is 0 Å². The van der Waals surface area contributed by atoms with Crippen LogP contribution in [0, 0.1) is 10.1 Å². The lowest BCUT2D eigenvalue weighted by Crippen LogP contribution is -2.28. The highest BCUT2D eigenvalue weighted by atomic mass is 32.1. The molecule has 34 heavy (non-hydrogen) atoms. The third-order valence-corrected chi connectivity index (χ3v) is 6.80. The summed E-state index contributed by atoms with van der Waals surface area (Å²) in [4.78, 5) is 53.6. The molecule has 0 saturated carbocycles. The normalized spacial score (nSPS) is 12.6. The summed E-state index contributed by atoms with van der Waals surface area (Å²) in [5.41, 5.74) is 6.31. The van der Waals surface area contributed by atoms with E-state index in [1.54, 1.807) is 6.07 Å². The summed E-state index contributed by atoms with van der Waals surface area (Å²) in [7, 11) is 0. The van der Waals surface area contributed by atoms with Crippen molar-refractivity contribution in [3.05, 3.63) is 73.3 Å². The lowest BCUT2D eigenvalue weighted by Gasteiger charge is -2.08. The second-order valence-electron chi connectivity index (χ2n) is 7.69. The molecule has 0 radical (unpaired) electrons. The number of carbonyl (C=O) groups is 2. The Morgan fingerprint density at radius 3 is 2.82 bits per heavy atom. The summed E-state index contributed by atoms with van der Waals surface area (Å²) < 4.78 is 2.32. The second-order valence-corrected chi connectivity index (χ2v) is 8.80. The quantitative estimate of drug-likeness (QED) is 0.314. The van der Waals surface area contributed by atoms with Gasteiger partial charge in [-0.05, 0) is 30.9 Å². The molecule has 1 aliphatic carbocycles. The van der Waals surface area contributed by atoms with E-state index in [2.05, 4.69) is 15.4 Å². The number of fused-ring (bicyclic) bond motifs is 2. The minimum atomic E-state index is -0.600. The van der Waals surface area contributed by atoms with E-state index < -0.39 is 22.3 Å². The zero-order chi connectivity index (χ0) is 24.0. The second kappa shape index (κ2) is 8.19. The summed E-state index contributed by atoms with van der Waals surface area (Å²) in [5, 5.41) is 18.6. The van der Waals surface area contributed by atoms with Crippen LogP contribution in [0.25, 0.3) is 16.7 Å². The topological polar surface area (TPSA) is 168 Å². The first kappa shape index (κ1) is 21.5. The minimum Gasteiger partial charge on any atom is -0.365 e. The molecule has 0 spiro atoms. The zero-order valence-corrected chi connectivity index (χ0v) is 18.4. The van der Waals surface area contributed by atoms with Gasteiger partial charge in [0, 0.05) is 10.9 Å². The smallest absolute Gasteiger partial charge is 0.294 e. The van der Waals surface area contributed by atoms with Crippen molar-refractivity contribution in [3.63, 3.8) is 0 Å². The number of benzene rings is 1. The SMILES string of the molecule is NC(=O)c1c(NC(=O)Cn2cnc3c(cnn3-c3ccccc3[N+](=O)[O-])c2=O)sc2c1CCC2. The fourth-order valence-corrected chi connectivity index (χ4v) is 5.42. The zero-order valence-electron chi connectivity index (χ0n) is 17.6. The lowest BCUT2D eigenvalue weighted by molar-refractivity contribution is -0.384. The highest BCUT2D eigenvalue weighted by Crippen LogP contribution is 2.38. The number of rotatable bonds is 6. The van der Waals surface area contributed by atoms with Crippen LogP contribution in [0.4, 0.5) is 10.7 Å². The molecule has 1 aromatic carbocycles. The van der Waals surface area contributed by atoms with Crippen LogP contribution < -0.4 is 16.6 Å². The molecule has 1 aliphatic rings. The van der Waals surface area contributed by atoms with Crippen molar-refractivity contribution in [2.75, 3.05) is 5.32 Å². The van der Waals surface area contributed by atoms with Crippen LogP contribution >= 0.6 is 11.3 Å². The number of hydrogen-bond acceptors (Lipinski definition) is 8. The molecule has 12 nitrogen and oxygen atoms in total. The fourth-order valence-electron chi connectivity index (χ4n) is 4.11. The van der Waals surface area contributed by atoms with Crippen LogP contribution in [0.5, 0.6) is 0 Å². The van der Waals surface area contributed by atoms with Gasteiger partial charge in [-0.15, -0.1) is 11.3 Å². The Labute approximate surface area is 194 Å². The Balaban J connectivity index is 1.44. The van der Waals surface area contributed by atoms with Crippen LogP contribution in [-0.2, 0) is 24.2 Å². The number of nitrogens with two attached hydrogens (primary N) is 1. The number of amides is 2. The molecule has 2 amide bonds. The molecule has 0 atom stereocenters. The monoisotopic (exact) mass is 479 g/mol. The number of carbonyl (C=O) groups excluding carboxylic acids is 2. The molecule has 172 valence electrons.